The fourth-order valence-electron chi connectivity index (χ4n) is 2.78. The van der Waals surface area contributed by atoms with Crippen molar-refractivity contribution in [3.63, 3.8) is 0 Å². The van der Waals surface area contributed by atoms with Gasteiger partial charge in [0.05, 0.1) is 0 Å². The molecule has 0 spiro atoms. The Morgan fingerprint density at radius 2 is 1.05 bits per heavy atom. The molecule has 0 aliphatic heterocycles. The molecule has 0 aromatic carbocycles. The molecule has 0 rings (SSSR count). The van der Waals surface area contributed by atoms with Gasteiger partial charge in [-0.25, -0.2) is 0 Å². The number of hydrogen-bond acceptors (Lipinski definition) is 3. The molecular weight excluding hydrogens is 292 g/mol. The average Bonchev–Trinajstić information content (AvgIpc) is 2.46. The van der Waals surface area contributed by atoms with Crippen molar-refractivity contribution in [1.29, 1.82) is 0 Å². The molecule has 0 bridgehead atoms. The predicted octanol–water partition coefficient (Wildman–Crippen LogP) is 5.81. The van der Waals surface area contributed by atoms with Crippen LogP contribution in [0.5, 0.6) is 0 Å². The van der Waals surface area contributed by atoms with Crippen molar-refractivity contribution in [3.05, 3.63) is 0 Å². The van der Waals surface area contributed by atoms with E-state index in [1.54, 1.807) is 0 Å². The van der Waals surface area contributed by atoms with Gasteiger partial charge < -0.3 is 13.3 Å². The van der Waals surface area contributed by atoms with E-state index in [2.05, 4.69) is 13.8 Å². The van der Waals surface area contributed by atoms with Gasteiger partial charge in [-0.2, -0.15) is 0 Å². The van der Waals surface area contributed by atoms with Gasteiger partial charge in [0.25, 0.3) is 0 Å². The summed E-state index contributed by atoms with van der Waals surface area (Å²) in [6, 6.07) is 0.968. The van der Waals surface area contributed by atoms with E-state index in [1.165, 1.54) is 44.9 Å². The fourth-order valence-corrected chi connectivity index (χ4v) is 5.46. The Hall–Kier alpha value is 0.0969. The highest BCUT2D eigenvalue weighted by Crippen LogP contribution is 2.21. The van der Waals surface area contributed by atoms with Gasteiger partial charge >= 0.3 is 8.80 Å². The lowest BCUT2D eigenvalue weighted by molar-refractivity contribution is 0.0706. The van der Waals surface area contributed by atoms with Crippen LogP contribution in [-0.2, 0) is 13.3 Å². The van der Waals surface area contributed by atoms with Gasteiger partial charge in [-0.15, -0.1) is 0 Å². The Labute approximate surface area is 140 Å². The lowest BCUT2D eigenvalue weighted by atomic mass is 10.0. The normalized spacial score (nSPS) is 12.3. The van der Waals surface area contributed by atoms with E-state index in [-0.39, 0.29) is 0 Å². The van der Waals surface area contributed by atoms with Crippen LogP contribution in [0.25, 0.3) is 0 Å². The Kier molecular flexibility index (Phi) is 14.7. The van der Waals surface area contributed by atoms with E-state index < -0.39 is 8.80 Å². The molecule has 0 unspecified atom stereocenters. The summed E-state index contributed by atoms with van der Waals surface area (Å²) < 4.78 is 17.7. The third kappa shape index (κ3) is 11.6. The second kappa shape index (κ2) is 14.7. The highest BCUT2D eigenvalue weighted by molar-refractivity contribution is 6.60. The van der Waals surface area contributed by atoms with Crippen LogP contribution in [0.3, 0.4) is 0 Å². The molecule has 134 valence electrons. The zero-order valence-corrected chi connectivity index (χ0v) is 16.8. The van der Waals surface area contributed by atoms with Gasteiger partial charge in [0.1, 0.15) is 0 Å². The van der Waals surface area contributed by atoms with E-state index in [0.717, 1.165) is 18.4 Å². The van der Waals surface area contributed by atoms with E-state index in [4.69, 9.17) is 13.3 Å². The largest absolute Gasteiger partial charge is 0.500 e. The number of unbranched alkanes of at least 4 members (excludes halogenated alkanes) is 6. The summed E-state index contributed by atoms with van der Waals surface area (Å²) in [5.74, 6) is 0.855. The summed E-state index contributed by atoms with van der Waals surface area (Å²) in [7, 11) is -2.39. The molecule has 0 fully saturated rings. The second-order valence-electron chi connectivity index (χ2n) is 6.39. The zero-order valence-electron chi connectivity index (χ0n) is 15.8. The smallest absolute Gasteiger partial charge is 0.374 e. The molecule has 0 atom stereocenters. The first-order valence-electron chi connectivity index (χ1n) is 9.52. The predicted molar refractivity (Wildman–Crippen MR) is 97.2 cm³/mol. The molecular formula is C18H40O3Si. The highest BCUT2D eigenvalue weighted by Gasteiger charge is 2.39. The number of hydrogen-bond donors (Lipinski definition) is 0. The van der Waals surface area contributed by atoms with Crippen molar-refractivity contribution in [3.8, 4) is 0 Å². The minimum Gasteiger partial charge on any atom is -0.374 e. The maximum absolute atomic E-state index is 5.89. The maximum atomic E-state index is 5.89. The van der Waals surface area contributed by atoms with Gasteiger partial charge in [-0.3, -0.25) is 0 Å². The average molecular weight is 333 g/mol. The molecule has 22 heavy (non-hydrogen) atoms. The van der Waals surface area contributed by atoms with Crippen LogP contribution in [-0.4, -0.2) is 28.6 Å². The topological polar surface area (TPSA) is 27.7 Å². The van der Waals surface area contributed by atoms with Crippen LogP contribution in [0.1, 0.15) is 86.0 Å². The summed E-state index contributed by atoms with van der Waals surface area (Å²) in [4.78, 5) is 0. The summed E-state index contributed by atoms with van der Waals surface area (Å²) >= 11 is 0. The number of rotatable bonds is 16. The lowest BCUT2D eigenvalue weighted by Gasteiger charge is -2.28. The molecule has 0 N–H and O–H groups in total. The Balaban J connectivity index is 3.75. The minimum absolute atomic E-state index is 0.683. The minimum atomic E-state index is -2.39. The first-order valence-corrected chi connectivity index (χ1v) is 11.4. The van der Waals surface area contributed by atoms with Crippen LogP contribution in [0.15, 0.2) is 0 Å². The van der Waals surface area contributed by atoms with Gasteiger partial charge in [0.15, 0.2) is 0 Å². The fraction of sp³-hybridized carbons (Fsp3) is 1.00. The first-order chi connectivity index (χ1) is 10.6. The van der Waals surface area contributed by atoms with Gasteiger partial charge in [0.2, 0.25) is 0 Å². The van der Waals surface area contributed by atoms with Crippen molar-refractivity contribution in [1.82, 2.24) is 0 Å². The van der Waals surface area contributed by atoms with E-state index in [9.17, 15) is 0 Å². The zero-order chi connectivity index (χ0) is 16.7. The van der Waals surface area contributed by atoms with E-state index >= 15 is 0 Å². The standard InChI is InChI=1S/C18H40O3Si/c1-6-19-22(20-7-2,21-8-3)17-15-13-11-9-10-12-14-16-18(4)5/h18H,6-17H2,1-5H3. The van der Waals surface area contributed by atoms with Crippen molar-refractivity contribution >= 4 is 8.80 Å². The van der Waals surface area contributed by atoms with Crippen molar-refractivity contribution in [2.45, 2.75) is 92.0 Å². The molecule has 0 aromatic rings. The molecule has 0 aliphatic carbocycles. The monoisotopic (exact) mass is 332 g/mol. The molecule has 0 aromatic heterocycles. The quantitative estimate of drug-likeness (QED) is 0.263. The highest BCUT2D eigenvalue weighted by atomic mass is 28.4. The Morgan fingerprint density at radius 3 is 1.45 bits per heavy atom. The lowest BCUT2D eigenvalue weighted by Crippen LogP contribution is -2.45. The second-order valence-corrected chi connectivity index (χ2v) is 9.12. The first kappa shape index (κ1) is 22.1. The molecule has 0 radical (unpaired) electrons. The molecule has 3 nitrogen and oxygen atoms in total. The van der Waals surface area contributed by atoms with Gasteiger partial charge in [0, 0.05) is 25.9 Å². The summed E-state index contributed by atoms with van der Waals surface area (Å²) in [6.07, 6.45) is 10.7. The third-order valence-corrected chi connectivity index (χ3v) is 7.01. The van der Waals surface area contributed by atoms with E-state index in [0.29, 0.717) is 19.8 Å². The van der Waals surface area contributed by atoms with Crippen molar-refractivity contribution in [2.24, 2.45) is 5.92 Å². The molecule has 0 saturated heterocycles. The summed E-state index contributed by atoms with van der Waals surface area (Å²) in [5, 5.41) is 0. The summed E-state index contributed by atoms with van der Waals surface area (Å²) in [6.45, 7) is 12.7. The van der Waals surface area contributed by atoms with Crippen LogP contribution in [0.2, 0.25) is 6.04 Å². The Bertz CT molecular complexity index is 217. The molecule has 0 aliphatic rings. The molecule has 4 heteroatoms. The van der Waals surface area contributed by atoms with Crippen molar-refractivity contribution in [2.75, 3.05) is 19.8 Å². The third-order valence-electron chi connectivity index (χ3n) is 3.86. The van der Waals surface area contributed by atoms with Crippen LogP contribution < -0.4 is 0 Å². The van der Waals surface area contributed by atoms with Crippen molar-refractivity contribution < 1.29 is 13.3 Å². The molecule has 0 amide bonds. The molecule has 0 heterocycles. The van der Waals surface area contributed by atoms with Crippen LogP contribution in [0, 0.1) is 5.92 Å². The Morgan fingerprint density at radius 1 is 0.636 bits per heavy atom. The molecule has 0 saturated carbocycles. The van der Waals surface area contributed by atoms with Gasteiger partial charge in [-0.1, -0.05) is 58.8 Å². The maximum Gasteiger partial charge on any atom is 0.500 e. The summed E-state index contributed by atoms with van der Waals surface area (Å²) in [5.41, 5.74) is 0. The van der Waals surface area contributed by atoms with E-state index in [1.807, 2.05) is 20.8 Å². The van der Waals surface area contributed by atoms with Crippen LogP contribution in [0.4, 0.5) is 0 Å². The van der Waals surface area contributed by atoms with Crippen LogP contribution >= 0.6 is 0 Å². The SMILES string of the molecule is CCO[Si](CCCCCCCCCC(C)C)(OCC)OCC. The van der Waals surface area contributed by atoms with Gasteiger partial charge in [-0.05, 0) is 33.1 Å².